The van der Waals surface area contributed by atoms with E-state index in [9.17, 15) is 13.6 Å². The molecular formula is C17H20F2N4O2. The molecule has 1 aliphatic heterocycles. The lowest BCUT2D eigenvalue weighted by Gasteiger charge is -2.16. The number of likely N-dealkylation sites (tertiary alicyclic amines) is 1. The number of aromatic nitrogens is 3. The van der Waals surface area contributed by atoms with Crippen molar-refractivity contribution in [2.75, 3.05) is 20.2 Å². The summed E-state index contributed by atoms with van der Waals surface area (Å²) in [6.07, 6.45) is 1.93. The van der Waals surface area contributed by atoms with Crippen molar-refractivity contribution < 1.29 is 18.3 Å². The molecule has 0 saturated carbocycles. The van der Waals surface area contributed by atoms with Gasteiger partial charge in [-0.25, -0.2) is 8.78 Å². The molecule has 8 heteroatoms. The standard InChI is InChI=1S/C17H20F2N4O2/c1-22-9-15(20-21-22)13-8-23(10-16(13)25-2)17(24)6-3-11-7-12(18)4-5-14(11)19/h4-5,7,9,13,16H,3,6,8,10H2,1-2H3/t13-,16+/m0/s1. The Balaban J connectivity index is 1.63. The zero-order chi connectivity index (χ0) is 18.0. The number of nitrogens with zero attached hydrogens (tertiary/aromatic N) is 4. The van der Waals surface area contributed by atoms with E-state index in [0.29, 0.717) is 13.1 Å². The SMILES string of the molecule is CO[C@@H]1CN(C(=O)CCc2cc(F)ccc2F)C[C@H]1c1cn(C)nn1. The maximum Gasteiger partial charge on any atom is 0.223 e. The van der Waals surface area contributed by atoms with Crippen LogP contribution in [0, 0.1) is 11.6 Å². The summed E-state index contributed by atoms with van der Waals surface area (Å²) < 4.78 is 34.0. The lowest BCUT2D eigenvalue weighted by Crippen LogP contribution is -2.30. The third-order valence-electron chi connectivity index (χ3n) is 4.54. The van der Waals surface area contributed by atoms with Gasteiger partial charge in [0.25, 0.3) is 0 Å². The second-order valence-electron chi connectivity index (χ2n) is 6.23. The van der Waals surface area contributed by atoms with Gasteiger partial charge in [0, 0.05) is 39.9 Å². The number of amides is 1. The second kappa shape index (κ2) is 7.26. The van der Waals surface area contributed by atoms with Gasteiger partial charge in [-0.2, -0.15) is 0 Å². The molecule has 0 unspecified atom stereocenters. The minimum absolute atomic E-state index is 0.0476. The van der Waals surface area contributed by atoms with E-state index in [1.807, 2.05) is 6.20 Å². The maximum absolute atomic E-state index is 13.7. The maximum atomic E-state index is 13.7. The van der Waals surface area contributed by atoms with E-state index >= 15 is 0 Å². The van der Waals surface area contributed by atoms with E-state index < -0.39 is 11.6 Å². The molecule has 1 aliphatic rings. The Kier molecular flexibility index (Phi) is 5.08. The minimum atomic E-state index is -0.507. The number of carbonyl (C=O) groups is 1. The molecule has 2 heterocycles. The molecule has 2 atom stereocenters. The van der Waals surface area contributed by atoms with Crippen molar-refractivity contribution >= 4 is 5.91 Å². The fourth-order valence-electron chi connectivity index (χ4n) is 3.17. The number of carbonyl (C=O) groups excluding carboxylic acids is 1. The third-order valence-corrected chi connectivity index (χ3v) is 4.54. The van der Waals surface area contributed by atoms with Crippen molar-refractivity contribution in [2.45, 2.75) is 24.9 Å². The number of hydrogen-bond acceptors (Lipinski definition) is 4. The zero-order valence-corrected chi connectivity index (χ0v) is 14.2. The van der Waals surface area contributed by atoms with Crippen molar-refractivity contribution in [3.63, 3.8) is 0 Å². The topological polar surface area (TPSA) is 60.2 Å². The molecule has 1 amide bonds. The summed E-state index contributed by atoms with van der Waals surface area (Å²) in [6.45, 7) is 0.921. The first-order valence-electron chi connectivity index (χ1n) is 8.08. The summed E-state index contributed by atoms with van der Waals surface area (Å²) in [6, 6.07) is 3.28. The van der Waals surface area contributed by atoms with Gasteiger partial charge in [0.2, 0.25) is 5.91 Å². The van der Waals surface area contributed by atoms with Crippen LogP contribution in [-0.4, -0.2) is 52.1 Å². The van der Waals surface area contributed by atoms with Gasteiger partial charge in [0.05, 0.1) is 17.7 Å². The number of halogens is 2. The third kappa shape index (κ3) is 3.84. The van der Waals surface area contributed by atoms with E-state index in [2.05, 4.69) is 10.3 Å². The lowest BCUT2D eigenvalue weighted by atomic mass is 10.0. The van der Waals surface area contributed by atoms with Crippen LogP contribution in [0.15, 0.2) is 24.4 Å². The molecule has 2 aromatic rings. The van der Waals surface area contributed by atoms with E-state index in [-0.39, 0.29) is 36.3 Å². The zero-order valence-electron chi connectivity index (χ0n) is 14.2. The molecule has 1 fully saturated rings. The molecule has 0 radical (unpaired) electrons. The minimum Gasteiger partial charge on any atom is -0.379 e. The first-order valence-corrected chi connectivity index (χ1v) is 8.08. The highest BCUT2D eigenvalue weighted by atomic mass is 19.1. The van der Waals surface area contributed by atoms with Crippen molar-refractivity contribution in [1.29, 1.82) is 0 Å². The van der Waals surface area contributed by atoms with Crippen LogP contribution in [0.5, 0.6) is 0 Å². The summed E-state index contributed by atoms with van der Waals surface area (Å²) in [7, 11) is 3.38. The molecule has 0 spiro atoms. The highest BCUT2D eigenvalue weighted by Crippen LogP contribution is 2.28. The number of rotatable bonds is 5. The molecular weight excluding hydrogens is 330 g/mol. The van der Waals surface area contributed by atoms with Crippen LogP contribution < -0.4 is 0 Å². The summed E-state index contributed by atoms with van der Waals surface area (Å²) in [4.78, 5) is 14.2. The number of aryl methyl sites for hydroxylation is 2. The average Bonchev–Trinajstić information content (AvgIpc) is 3.21. The number of benzene rings is 1. The monoisotopic (exact) mass is 350 g/mol. The lowest BCUT2D eigenvalue weighted by molar-refractivity contribution is -0.130. The fourth-order valence-corrected chi connectivity index (χ4v) is 3.17. The highest BCUT2D eigenvalue weighted by molar-refractivity contribution is 5.77. The van der Waals surface area contributed by atoms with Crippen molar-refractivity contribution in [3.8, 4) is 0 Å². The smallest absolute Gasteiger partial charge is 0.223 e. The van der Waals surface area contributed by atoms with E-state index in [1.54, 1.807) is 23.7 Å². The first kappa shape index (κ1) is 17.5. The van der Waals surface area contributed by atoms with Crippen LogP contribution in [0.3, 0.4) is 0 Å². The molecule has 134 valence electrons. The van der Waals surface area contributed by atoms with E-state index in [1.165, 1.54) is 0 Å². The van der Waals surface area contributed by atoms with Crippen molar-refractivity contribution in [2.24, 2.45) is 7.05 Å². The van der Waals surface area contributed by atoms with Crippen LogP contribution in [0.2, 0.25) is 0 Å². The molecule has 0 N–H and O–H groups in total. The number of ether oxygens (including phenoxy) is 1. The van der Waals surface area contributed by atoms with E-state index in [4.69, 9.17) is 4.74 Å². The Hall–Kier alpha value is -2.35. The summed E-state index contributed by atoms with van der Waals surface area (Å²) in [5.41, 5.74) is 0.988. The molecule has 1 aromatic heterocycles. The van der Waals surface area contributed by atoms with Crippen molar-refractivity contribution in [1.82, 2.24) is 19.9 Å². The van der Waals surface area contributed by atoms with Gasteiger partial charge in [-0.1, -0.05) is 5.21 Å². The van der Waals surface area contributed by atoms with E-state index in [0.717, 1.165) is 23.9 Å². The Labute approximate surface area is 144 Å². The van der Waals surface area contributed by atoms with Gasteiger partial charge in [0.1, 0.15) is 11.6 Å². The first-order chi connectivity index (χ1) is 12.0. The second-order valence-corrected chi connectivity index (χ2v) is 6.23. The summed E-state index contributed by atoms with van der Waals surface area (Å²) in [5, 5.41) is 8.03. The molecule has 6 nitrogen and oxygen atoms in total. The van der Waals surface area contributed by atoms with Gasteiger partial charge < -0.3 is 9.64 Å². The summed E-state index contributed by atoms with van der Waals surface area (Å²) in [5.74, 6) is -1.17. The summed E-state index contributed by atoms with van der Waals surface area (Å²) >= 11 is 0. The Bertz CT molecular complexity index is 765. The van der Waals surface area contributed by atoms with Gasteiger partial charge in [-0.05, 0) is 30.2 Å². The molecule has 1 saturated heterocycles. The van der Waals surface area contributed by atoms with Gasteiger partial charge in [0.15, 0.2) is 0 Å². The fraction of sp³-hybridized carbons (Fsp3) is 0.471. The Morgan fingerprint density at radius 1 is 1.36 bits per heavy atom. The van der Waals surface area contributed by atoms with Gasteiger partial charge >= 0.3 is 0 Å². The normalized spacial score (nSPS) is 20.2. The predicted molar refractivity (Wildman–Crippen MR) is 85.8 cm³/mol. The van der Waals surface area contributed by atoms with Crippen molar-refractivity contribution in [3.05, 3.63) is 47.3 Å². The number of methoxy groups -OCH3 is 1. The van der Waals surface area contributed by atoms with Gasteiger partial charge in [-0.15, -0.1) is 5.10 Å². The molecule has 0 aliphatic carbocycles. The Morgan fingerprint density at radius 3 is 2.84 bits per heavy atom. The largest absolute Gasteiger partial charge is 0.379 e. The average molecular weight is 350 g/mol. The number of hydrogen-bond donors (Lipinski definition) is 0. The molecule has 25 heavy (non-hydrogen) atoms. The van der Waals surface area contributed by atoms with Crippen LogP contribution >= 0.6 is 0 Å². The molecule has 3 rings (SSSR count). The predicted octanol–water partition coefficient (Wildman–Crippen LogP) is 1.67. The molecule has 1 aromatic carbocycles. The van der Waals surface area contributed by atoms with Crippen LogP contribution in [-0.2, 0) is 23.0 Å². The highest BCUT2D eigenvalue weighted by Gasteiger charge is 2.37. The Morgan fingerprint density at radius 2 is 2.16 bits per heavy atom. The quantitative estimate of drug-likeness (QED) is 0.823. The van der Waals surface area contributed by atoms with Gasteiger partial charge in [-0.3, -0.25) is 9.48 Å². The molecule has 0 bridgehead atoms. The van der Waals surface area contributed by atoms with Crippen LogP contribution in [0.4, 0.5) is 8.78 Å². The van der Waals surface area contributed by atoms with Crippen LogP contribution in [0.1, 0.15) is 23.6 Å². The van der Waals surface area contributed by atoms with Crippen LogP contribution in [0.25, 0.3) is 0 Å².